The second-order valence-corrected chi connectivity index (χ2v) is 5.47. The van der Waals surface area contributed by atoms with Gasteiger partial charge in [-0.25, -0.2) is 0 Å². The van der Waals surface area contributed by atoms with Crippen molar-refractivity contribution in [2.45, 2.75) is 39.3 Å². The van der Waals surface area contributed by atoms with E-state index in [1.807, 2.05) is 13.8 Å². The summed E-state index contributed by atoms with van der Waals surface area (Å²) in [6.45, 7) is 6.73. The van der Waals surface area contributed by atoms with E-state index < -0.39 is 0 Å². The van der Waals surface area contributed by atoms with E-state index in [0.717, 1.165) is 36.1 Å². The van der Waals surface area contributed by atoms with Gasteiger partial charge in [-0.3, -0.25) is 9.69 Å². The lowest BCUT2D eigenvalue weighted by molar-refractivity contribution is -0.148. The zero-order chi connectivity index (χ0) is 13.7. The molecular formula is C12H20N4O2S. The first-order valence-electron chi connectivity index (χ1n) is 6.71. The number of rotatable bonds is 6. The lowest BCUT2D eigenvalue weighted by Gasteiger charge is -2.21. The molecule has 0 spiro atoms. The van der Waals surface area contributed by atoms with E-state index in [1.165, 1.54) is 0 Å². The molecule has 2 rings (SSSR count). The molecule has 2 heterocycles. The Morgan fingerprint density at radius 2 is 2.37 bits per heavy atom. The molecule has 7 heteroatoms. The van der Waals surface area contributed by atoms with Gasteiger partial charge < -0.3 is 10.1 Å². The number of carbonyl (C=O) groups excluding carboxylic acids is 1. The van der Waals surface area contributed by atoms with Gasteiger partial charge in [-0.2, -0.15) is 0 Å². The number of esters is 1. The van der Waals surface area contributed by atoms with Crippen molar-refractivity contribution in [2.24, 2.45) is 0 Å². The van der Waals surface area contributed by atoms with Crippen molar-refractivity contribution in [3.05, 3.63) is 5.01 Å². The number of nitrogens with one attached hydrogen (secondary N) is 1. The third-order valence-corrected chi connectivity index (χ3v) is 3.92. The molecule has 1 atom stereocenters. The van der Waals surface area contributed by atoms with E-state index >= 15 is 0 Å². The number of ether oxygens (including phenoxy) is 1. The molecular weight excluding hydrogens is 264 g/mol. The maximum Gasteiger partial charge on any atom is 0.323 e. The number of likely N-dealkylation sites (tertiary alicyclic amines) is 1. The second-order valence-electron chi connectivity index (χ2n) is 4.41. The molecule has 1 aliphatic rings. The van der Waals surface area contributed by atoms with Crippen molar-refractivity contribution in [1.29, 1.82) is 0 Å². The van der Waals surface area contributed by atoms with Gasteiger partial charge in [0.05, 0.1) is 13.2 Å². The van der Waals surface area contributed by atoms with Crippen molar-refractivity contribution >= 4 is 22.4 Å². The van der Waals surface area contributed by atoms with Gasteiger partial charge in [0.2, 0.25) is 5.13 Å². The van der Waals surface area contributed by atoms with E-state index in [0.29, 0.717) is 13.2 Å². The molecule has 0 bridgehead atoms. The van der Waals surface area contributed by atoms with Gasteiger partial charge in [0, 0.05) is 6.54 Å². The van der Waals surface area contributed by atoms with Crippen molar-refractivity contribution < 1.29 is 9.53 Å². The number of nitrogens with zero attached hydrogens (tertiary/aromatic N) is 3. The van der Waals surface area contributed by atoms with E-state index in [2.05, 4.69) is 20.4 Å². The molecule has 106 valence electrons. The topological polar surface area (TPSA) is 67.4 Å². The van der Waals surface area contributed by atoms with Crippen LogP contribution in [0, 0.1) is 0 Å². The fourth-order valence-corrected chi connectivity index (χ4v) is 3.07. The van der Waals surface area contributed by atoms with Crippen LogP contribution in [0.4, 0.5) is 5.13 Å². The highest BCUT2D eigenvalue weighted by atomic mass is 32.1. The third-order valence-electron chi connectivity index (χ3n) is 3.06. The molecule has 1 N–H and O–H groups in total. The average molecular weight is 284 g/mol. The summed E-state index contributed by atoms with van der Waals surface area (Å²) < 4.78 is 5.11. The Morgan fingerprint density at radius 1 is 1.53 bits per heavy atom. The molecule has 19 heavy (non-hydrogen) atoms. The summed E-state index contributed by atoms with van der Waals surface area (Å²) in [6.07, 6.45) is 1.90. The third kappa shape index (κ3) is 3.63. The van der Waals surface area contributed by atoms with E-state index in [1.54, 1.807) is 11.3 Å². The number of carbonyl (C=O) groups is 1. The van der Waals surface area contributed by atoms with Crippen molar-refractivity contribution in [2.75, 3.05) is 25.0 Å². The SMILES string of the molecule is CCNc1nnc(CN2CCCC2C(=O)OCC)s1. The zero-order valence-electron chi connectivity index (χ0n) is 11.4. The van der Waals surface area contributed by atoms with E-state index in [4.69, 9.17) is 4.74 Å². The smallest absolute Gasteiger partial charge is 0.323 e. The van der Waals surface area contributed by atoms with Crippen molar-refractivity contribution in [1.82, 2.24) is 15.1 Å². The summed E-state index contributed by atoms with van der Waals surface area (Å²) in [7, 11) is 0. The number of aromatic nitrogens is 2. The first-order valence-corrected chi connectivity index (χ1v) is 7.53. The predicted octanol–water partition coefficient (Wildman–Crippen LogP) is 1.50. The monoisotopic (exact) mass is 284 g/mol. The highest BCUT2D eigenvalue weighted by Crippen LogP contribution is 2.23. The van der Waals surface area contributed by atoms with E-state index in [9.17, 15) is 4.79 Å². The molecule has 0 aromatic carbocycles. The zero-order valence-corrected chi connectivity index (χ0v) is 12.2. The lowest BCUT2D eigenvalue weighted by atomic mass is 10.2. The summed E-state index contributed by atoms with van der Waals surface area (Å²) in [6, 6.07) is -0.119. The Morgan fingerprint density at radius 3 is 3.11 bits per heavy atom. The molecule has 1 aromatic heterocycles. The Balaban J connectivity index is 1.94. The van der Waals surface area contributed by atoms with Gasteiger partial charge >= 0.3 is 5.97 Å². The fraction of sp³-hybridized carbons (Fsp3) is 0.750. The molecule has 0 aliphatic carbocycles. The molecule has 6 nitrogen and oxygen atoms in total. The predicted molar refractivity (Wildman–Crippen MR) is 74.1 cm³/mol. The lowest BCUT2D eigenvalue weighted by Crippen LogP contribution is -2.36. The van der Waals surface area contributed by atoms with Crippen LogP contribution >= 0.6 is 11.3 Å². The Hall–Kier alpha value is -1.21. The quantitative estimate of drug-likeness (QED) is 0.798. The molecule has 0 saturated carbocycles. The Labute approximate surface area is 117 Å². The van der Waals surface area contributed by atoms with Crippen molar-refractivity contribution in [3.8, 4) is 0 Å². The summed E-state index contributed by atoms with van der Waals surface area (Å²) in [5.41, 5.74) is 0. The minimum atomic E-state index is -0.119. The van der Waals surface area contributed by atoms with Crippen LogP contribution < -0.4 is 5.32 Å². The number of anilines is 1. The molecule has 1 fully saturated rings. The number of hydrogen-bond acceptors (Lipinski definition) is 7. The van der Waals surface area contributed by atoms with Crippen LogP contribution in [0.5, 0.6) is 0 Å². The standard InChI is InChI=1S/C12H20N4O2S/c1-3-13-12-15-14-10(19-12)8-16-7-5-6-9(16)11(17)18-4-2/h9H,3-8H2,1-2H3,(H,13,15). The molecule has 0 radical (unpaired) electrons. The van der Waals surface area contributed by atoms with Gasteiger partial charge in [-0.1, -0.05) is 11.3 Å². The van der Waals surface area contributed by atoms with Crippen LogP contribution in [0.15, 0.2) is 0 Å². The van der Waals surface area contributed by atoms with Gasteiger partial charge in [-0.05, 0) is 33.2 Å². The molecule has 1 saturated heterocycles. The average Bonchev–Trinajstić information content (AvgIpc) is 3.00. The van der Waals surface area contributed by atoms with E-state index in [-0.39, 0.29) is 12.0 Å². The minimum Gasteiger partial charge on any atom is -0.465 e. The van der Waals surface area contributed by atoms with Crippen LogP contribution in [0.2, 0.25) is 0 Å². The highest BCUT2D eigenvalue weighted by Gasteiger charge is 2.32. The van der Waals surface area contributed by atoms with Crippen LogP contribution in [0.25, 0.3) is 0 Å². The fourth-order valence-electron chi connectivity index (χ4n) is 2.23. The highest BCUT2D eigenvalue weighted by molar-refractivity contribution is 7.15. The van der Waals surface area contributed by atoms with Crippen LogP contribution in [0.1, 0.15) is 31.7 Å². The first-order chi connectivity index (χ1) is 9.24. The molecule has 1 aromatic rings. The Bertz CT molecular complexity index is 424. The van der Waals surface area contributed by atoms with Crippen LogP contribution in [0.3, 0.4) is 0 Å². The van der Waals surface area contributed by atoms with Gasteiger partial charge in [-0.15, -0.1) is 10.2 Å². The normalized spacial score (nSPS) is 19.6. The largest absolute Gasteiger partial charge is 0.465 e. The molecule has 1 aliphatic heterocycles. The van der Waals surface area contributed by atoms with Gasteiger partial charge in [0.1, 0.15) is 11.0 Å². The summed E-state index contributed by atoms with van der Waals surface area (Å²) >= 11 is 1.54. The van der Waals surface area contributed by atoms with Gasteiger partial charge in [0.25, 0.3) is 0 Å². The molecule has 1 unspecified atom stereocenters. The van der Waals surface area contributed by atoms with Crippen molar-refractivity contribution in [3.63, 3.8) is 0 Å². The molecule has 0 amide bonds. The summed E-state index contributed by atoms with van der Waals surface area (Å²) in [4.78, 5) is 14.0. The summed E-state index contributed by atoms with van der Waals surface area (Å²) in [5.74, 6) is -0.114. The minimum absolute atomic E-state index is 0.114. The maximum absolute atomic E-state index is 11.8. The maximum atomic E-state index is 11.8. The first kappa shape index (κ1) is 14.2. The Kier molecular flexibility index (Phi) is 5.09. The van der Waals surface area contributed by atoms with Crippen LogP contribution in [-0.4, -0.2) is 46.8 Å². The van der Waals surface area contributed by atoms with Gasteiger partial charge in [0.15, 0.2) is 0 Å². The summed E-state index contributed by atoms with van der Waals surface area (Å²) in [5, 5.41) is 13.1. The number of hydrogen-bond donors (Lipinski definition) is 1. The van der Waals surface area contributed by atoms with Crippen LogP contribution in [-0.2, 0) is 16.1 Å². The second kappa shape index (κ2) is 6.81.